The maximum atomic E-state index is 12.2. The van der Waals surface area contributed by atoms with Gasteiger partial charge >= 0.3 is 6.18 Å². The topological polar surface area (TPSA) is 58.5 Å². The number of aliphatic imine (C=N–C) groups is 1. The first kappa shape index (κ1) is 22.2. The van der Waals surface area contributed by atoms with E-state index in [9.17, 15) is 13.2 Å². The lowest BCUT2D eigenvalue weighted by Gasteiger charge is -2.11. The summed E-state index contributed by atoms with van der Waals surface area (Å²) in [6.45, 7) is 6.37. The maximum absolute atomic E-state index is 12.2. The highest BCUT2D eigenvalue weighted by atomic mass is 32.1. The molecule has 0 fully saturated rings. The van der Waals surface area contributed by atoms with E-state index in [2.05, 4.69) is 20.6 Å². The van der Waals surface area contributed by atoms with Crippen LogP contribution >= 0.6 is 11.3 Å². The maximum Gasteiger partial charge on any atom is 0.411 e. The van der Waals surface area contributed by atoms with Crippen molar-refractivity contribution in [2.24, 2.45) is 4.99 Å². The minimum atomic E-state index is -4.32. The van der Waals surface area contributed by atoms with Crippen molar-refractivity contribution >= 4 is 17.3 Å². The highest BCUT2D eigenvalue weighted by Crippen LogP contribution is 2.17. The predicted molar refractivity (Wildman–Crippen MR) is 105 cm³/mol. The van der Waals surface area contributed by atoms with Crippen molar-refractivity contribution in [3.05, 3.63) is 51.0 Å². The Labute approximate surface area is 167 Å². The first-order valence-electron chi connectivity index (χ1n) is 8.94. The van der Waals surface area contributed by atoms with E-state index in [0.717, 1.165) is 27.7 Å². The molecule has 0 spiro atoms. The van der Waals surface area contributed by atoms with E-state index in [1.807, 2.05) is 26.8 Å². The van der Waals surface area contributed by atoms with Crippen LogP contribution in [0, 0.1) is 13.8 Å². The SMILES string of the molecule is CCNC(=NCc1cccc(COCC(F)(F)F)c1)NCc1sc(C)nc1C. The number of benzene rings is 1. The van der Waals surface area contributed by atoms with Crippen molar-refractivity contribution in [1.29, 1.82) is 0 Å². The van der Waals surface area contributed by atoms with Gasteiger partial charge in [-0.1, -0.05) is 24.3 Å². The number of nitrogens with one attached hydrogen (secondary N) is 2. The fourth-order valence-corrected chi connectivity index (χ4v) is 3.39. The van der Waals surface area contributed by atoms with E-state index >= 15 is 0 Å². The Balaban J connectivity index is 1.94. The number of guanidine groups is 1. The van der Waals surface area contributed by atoms with Crippen molar-refractivity contribution in [2.75, 3.05) is 13.2 Å². The van der Waals surface area contributed by atoms with E-state index < -0.39 is 12.8 Å². The molecule has 2 aromatic rings. The summed E-state index contributed by atoms with van der Waals surface area (Å²) in [6.07, 6.45) is -4.32. The second-order valence-corrected chi connectivity index (χ2v) is 7.51. The molecule has 5 nitrogen and oxygen atoms in total. The highest BCUT2D eigenvalue weighted by molar-refractivity contribution is 7.11. The van der Waals surface area contributed by atoms with Crippen LogP contribution < -0.4 is 10.6 Å². The largest absolute Gasteiger partial charge is 0.411 e. The minimum absolute atomic E-state index is 0.0839. The Bertz CT molecular complexity index is 790. The molecule has 1 aromatic heterocycles. The number of thiazole rings is 1. The third-order valence-electron chi connectivity index (χ3n) is 3.71. The van der Waals surface area contributed by atoms with E-state index in [1.54, 1.807) is 29.5 Å². The quantitative estimate of drug-likeness (QED) is 0.505. The number of hydrogen-bond donors (Lipinski definition) is 2. The van der Waals surface area contributed by atoms with Crippen molar-refractivity contribution in [1.82, 2.24) is 15.6 Å². The number of rotatable bonds is 8. The minimum Gasteiger partial charge on any atom is -0.367 e. The van der Waals surface area contributed by atoms with Gasteiger partial charge in [0, 0.05) is 11.4 Å². The summed E-state index contributed by atoms with van der Waals surface area (Å²) in [5, 5.41) is 7.50. The number of halogens is 3. The first-order chi connectivity index (χ1) is 13.3. The van der Waals surface area contributed by atoms with Crippen LogP contribution in [0.5, 0.6) is 0 Å². The molecule has 0 unspecified atom stereocenters. The summed E-state index contributed by atoms with van der Waals surface area (Å²) >= 11 is 1.65. The van der Waals surface area contributed by atoms with E-state index in [-0.39, 0.29) is 6.61 Å². The van der Waals surface area contributed by atoms with E-state index in [1.165, 1.54) is 0 Å². The third-order valence-corrected chi connectivity index (χ3v) is 4.78. The number of hydrogen-bond acceptors (Lipinski definition) is 4. The fraction of sp³-hybridized carbons (Fsp3) is 0.474. The number of nitrogens with zero attached hydrogens (tertiary/aromatic N) is 2. The van der Waals surface area contributed by atoms with E-state index in [4.69, 9.17) is 4.74 Å². The van der Waals surface area contributed by atoms with Gasteiger partial charge < -0.3 is 15.4 Å². The fourth-order valence-electron chi connectivity index (χ4n) is 2.52. The average Bonchev–Trinajstić information content (AvgIpc) is 2.94. The number of aryl methyl sites for hydroxylation is 2. The molecule has 0 atom stereocenters. The van der Waals surface area contributed by atoms with Crippen LogP contribution in [0.15, 0.2) is 29.3 Å². The van der Waals surface area contributed by atoms with Gasteiger partial charge in [-0.05, 0) is 31.9 Å². The molecule has 1 aromatic carbocycles. The molecule has 0 bridgehead atoms. The van der Waals surface area contributed by atoms with Crippen molar-refractivity contribution in [2.45, 2.75) is 46.6 Å². The van der Waals surface area contributed by atoms with Crippen LogP contribution in [0.1, 0.15) is 33.6 Å². The summed E-state index contributed by atoms with van der Waals surface area (Å²) < 4.78 is 41.3. The molecule has 0 aliphatic rings. The lowest BCUT2D eigenvalue weighted by molar-refractivity contribution is -0.176. The van der Waals surface area contributed by atoms with Crippen LogP contribution in [0.3, 0.4) is 0 Å². The third kappa shape index (κ3) is 7.85. The Morgan fingerprint density at radius 3 is 2.61 bits per heavy atom. The highest BCUT2D eigenvalue weighted by Gasteiger charge is 2.27. The zero-order chi connectivity index (χ0) is 20.6. The standard InChI is InChI=1S/C19H25F3N4OS/c1-4-23-18(25-10-17-13(2)26-14(3)28-17)24-9-15-6-5-7-16(8-15)11-27-12-19(20,21)22/h5-8H,4,9-12H2,1-3H3,(H2,23,24,25). The van der Waals surface area contributed by atoms with Crippen LogP contribution in [0.2, 0.25) is 0 Å². The van der Waals surface area contributed by atoms with Gasteiger partial charge in [0.25, 0.3) is 0 Å². The number of alkyl halides is 3. The molecule has 0 saturated carbocycles. The summed E-state index contributed by atoms with van der Waals surface area (Å²) in [4.78, 5) is 10.1. The molecule has 28 heavy (non-hydrogen) atoms. The van der Waals surface area contributed by atoms with Gasteiger partial charge in [0.05, 0.1) is 30.4 Å². The molecule has 2 rings (SSSR count). The molecule has 0 amide bonds. The molecule has 1 heterocycles. The zero-order valence-electron chi connectivity index (χ0n) is 16.2. The van der Waals surface area contributed by atoms with Gasteiger partial charge in [0.15, 0.2) is 5.96 Å². The molecule has 0 aliphatic carbocycles. The van der Waals surface area contributed by atoms with Gasteiger partial charge in [-0.2, -0.15) is 13.2 Å². The summed E-state index contributed by atoms with van der Waals surface area (Å²) in [6, 6.07) is 7.22. The Morgan fingerprint density at radius 2 is 1.96 bits per heavy atom. The van der Waals surface area contributed by atoms with Crippen LogP contribution in [-0.4, -0.2) is 30.3 Å². The number of aromatic nitrogens is 1. The second-order valence-electron chi connectivity index (χ2n) is 6.22. The Kier molecular flexibility index (Phi) is 8.25. The van der Waals surface area contributed by atoms with Gasteiger partial charge in [-0.25, -0.2) is 9.98 Å². The summed E-state index contributed by atoms with van der Waals surface area (Å²) in [7, 11) is 0. The van der Waals surface area contributed by atoms with Gasteiger partial charge in [0.2, 0.25) is 0 Å². The lowest BCUT2D eigenvalue weighted by Crippen LogP contribution is -2.36. The van der Waals surface area contributed by atoms with Gasteiger partial charge in [-0.15, -0.1) is 11.3 Å². The van der Waals surface area contributed by atoms with Crippen LogP contribution in [-0.2, 0) is 24.4 Å². The molecule has 154 valence electrons. The van der Waals surface area contributed by atoms with Crippen molar-refractivity contribution < 1.29 is 17.9 Å². The summed E-state index contributed by atoms with van der Waals surface area (Å²) in [5.74, 6) is 0.673. The average molecular weight is 414 g/mol. The van der Waals surface area contributed by atoms with Crippen LogP contribution in [0.4, 0.5) is 13.2 Å². The molecule has 0 saturated heterocycles. The molecule has 0 aliphatic heterocycles. The smallest absolute Gasteiger partial charge is 0.367 e. The zero-order valence-corrected chi connectivity index (χ0v) is 17.0. The molecule has 0 radical (unpaired) electrons. The first-order valence-corrected chi connectivity index (χ1v) is 9.76. The van der Waals surface area contributed by atoms with Crippen molar-refractivity contribution in [3.8, 4) is 0 Å². The Hall–Kier alpha value is -2.13. The van der Waals surface area contributed by atoms with Crippen molar-refractivity contribution in [3.63, 3.8) is 0 Å². The molecule has 9 heteroatoms. The monoisotopic (exact) mass is 414 g/mol. The lowest BCUT2D eigenvalue weighted by atomic mass is 10.1. The predicted octanol–water partition coefficient (Wildman–Crippen LogP) is 4.09. The van der Waals surface area contributed by atoms with Gasteiger partial charge in [-0.3, -0.25) is 0 Å². The molecular formula is C19H25F3N4OS. The van der Waals surface area contributed by atoms with Gasteiger partial charge in [0.1, 0.15) is 6.61 Å². The van der Waals surface area contributed by atoms with E-state index in [0.29, 0.717) is 24.6 Å². The number of ether oxygens (including phenoxy) is 1. The molecular weight excluding hydrogens is 389 g/mol. The second kappa shape index (κ2) is 10.4. The van der Waals surface area contributed by atoms with Crippen LogP contribution in [0.25, 0.3) is 0 Å². The molecule has 2 N–H and O–H groups in total. The normalized spacial score (nSPS) is 12.3. The summed E-state index contributed by atoms with van der Waals surface area (Å²) in [5.41, 5.74) is 2.60. The Morgan fingerprint density at radius 1 is 1.21 bits per heavy atom.